The van der Waals surface area contributed by atoms with E-state index in [1.165, 1.54) is 11.8 Å². The highest BCUT2D eigenvalue weighted by Gasteiger charge is 2.14. The van der Waals surface area contributed by atoms with Crippen LogP contribution in [0.3, 0.4) is 0 Å². The Morgan fingerprint density at radius 3 is 2.67 bits per heavy atom. The number of rotatable bonds is 5. The van der Waals surface area contributed by atoms with Crippen LogP contribution in [0.5, 0.6) is 11.5 Å². The Labute approximate surface area is 162 Å². The lowest BCUT2D eigenvalue weighted by molar-refractivity contribution is -0.113. The van der Waals surface area contributed by atoms with Crippen LogP contribution < -0.4 is 19.7 Å². The molecule has 142 valence electrons. The molecule has 0 saturated carbocycles. The molecular formula is C20H22N2O4S. The molecule has 27 heavy (non-hydrogen) atoms. The summed E-state index contributed by atoms with van der Waals surface area (Å²) in [5, 5.41) is 2.98. The monoisotopic (exact) mass is 386 g/mol. The van der Waals surface area contributed by atoms with Gasteiger partial charge in [-0.15, -0.1) is 11.8 Å². The van der Waals surface area contributed by atoms with Crippen LogP contribution in [0.4, 0.5) is 11.4 Å². The van der Waals surface area contributed by atoms with Crippen LogP contribution in [-0.2, 0) is 9.53 Å². The van der Waals surface area contributed by atoms with Gasteiger partial charge in [-0.25, -0.2) is 0 Å². The number of thioether (sulfide) groups is 1. The van der Waals surface area contributed by atoms with Gasteiger partial charge in [-0.05, 0) is 36.4 Å². The van der Waals surface area contributed by atoms with Crippen LogP contribution >= 0.6 is 11.8 Å². The lowest BCUT2D eigenvalue weighted by Crippen LogP contribution is -2.36. The zero-order chi connectivity index (χ0) is 18.5. The van der Waals surface area contributed by atoms with E-state index in [1.54, 1.807) is 0 Å². The average molecular weight is 386 g/mol. The highest BCUT2D eigenvalue weighted by atomic mass is 32.2. The van der Waals surface area contributed by atoms with Crippen LogP contribution in [-0.4, -0.2) is 51.2 Å². The van der Waals surface area contributed by atoms with Gasteiger partial charge in [0.05, 0.1) is 19.0 Å². The molecule has 2 aliphatic rings. The van der Waals surface area contributed by atoms with E-state index in [0.717, 1.165) is 54.1 Å². The smallest absolute Gasteiger partial charge is 0.234 e. The van der Waals surface area contributed by atoms with Crippen molar-refractivity contribution in [1.29, 1.82) is 0 Å². The lowest BCUT2D eigenvalue weighted by atomic mass is 10.2. The van der Waals surface area contributed by atoms with Crippen molar-refractivity contribution in [2.45, 2.75) is 4.90 Å². The van der Waals surface area contributed by atoms with E-state index >= 15 is 0 Å². The molecule has 2 aromatic carbocycles. The topological polar surface area (TPSA) is 60.0 Å². The molecule has 0 bridgehead atoms. The first kappa shape index (κ1) is 18.0. The van der Waals surface area contributed by atoms with Gasteiger partial charge in [-0.1, -0.05) is 6.07 Å². The highest BCUT2D eigenvalue weighted by molar-refractivity contribution is 8.00. The van der Waals surface area contributed by atoms with Gasteiger partial charge in [0, 0.05) is 29.4 Å². The van der Waals surface area contributed by atoms with Crippen molar-refractivity contribution in [2.24, 2.45) is 0 Å². The summed E-state index contributed by atoms with van der Waals surface area (Å²) in [4.78, 5) is 15.6. The number of nitrogens with one attached hydrogen (secondary N) is 1. The van der Waals surface area contributed by atoms with Crippen molar-refractivity contribution in [3.63, 3.8) is 0 Å². The number of amides is 1. The number of benzene rings is 2. The Morgan fingerprint density at radius 1 is 1.00 bits per heavy atom. The summed E-state index contributed by atoms with van der Waals surface area (Å²) in [7, 11) is 0. The molecular weight excluding hydrogens is 364 g/mol. The summed E-state index contributed by atoms with van der Waals surface area (Å²) in [5.41, 5.74) is 1.92. The fourth-order valence-corrected chi connectivity index (χ4v) is 3.79. The lowest BCUT2D eigenvalue weighted by Gasteiger charge is -2.29. The summed E-state index contributed by atoms with van der Waals surface area (Å²) in [6.45, 7) is 4.35. The number of nitrogens with zero attached hydrogens (tertiary/aromatic N) is 1. The molecule has 0 atom stereocenters. The van der Waals surface area contributed by atoms with E-state index in [1.807, 2.05) is 36.4 Å². The molecule has 1 N–H and O–H groups in total. The van der Waals surface area contributed by atoms with Crippen molar-refractivity contribution in [3.05, 3.63) is 42.5 Å². The molecule has 0 aliphatic carbocycles. The summed E-state index contributed by atoms with van der Waals surface area (Å²) in [6, 6.07) is 13.7. The minimum absolute atomic E-state index is 0.0333. The minimum Gasteiger partial charge on any atom is -0.486 e. The molecule has 0 radical (unpaired) electrons. The number of fused-ring (bicyclic) bond motifs is 1. The third kappa shape index (κ3) is 4.67. The van der Waals surface area contributed by atoms with Gasteiger partial charge >= 0.3 is 0 Å². The molecule has 1 saturated heterocycles. The number of morpholine rings is 1. The summed E-state index contributed by atoms with van der Waals surface area (Å²) >= 11 is 1.48. The molecule has 0 spiro atoms. The van der Waals surface area contributed by atoms with Gasteiger partial charge in [-0.2, -0.15) is 0 Å². The molecule has 1 fully saturated rings. The highest BCUT2D eigenvalue weighted by Crippen LogP contribution is 2.34. The number of carbonyl (C=O) groups is 1. The normalized spacial score (nSPS) is 16.1. The first-order chi connectivity index (χ1) is 13.3. The molecule has 7 heteroatoms. The second kappa shape index (κ2) is 8.54. The maximum atomic E-state index is 12.3. The predicted octanol–water partition coefficient (Wildman–Crippen LogP) is 3.03. The molecule has 6 nitrogen and oxygen atoms in total. The van der Waals surface area contributed by atoms with E-state index in [-0.39, 0.29) is 5.91 Å². The Morgan fingerprint density at radius 2 is 1.81 bits per heavy atom. The van der Waals surface area contributed by atoms with E-state index in [2.05, 4.69) is 16.3 Å². The zero-order valence-electron chi connectivity index (χ0n) is 15.0. The van der Waals surface area contributed by atoms with Crippen LogP contribution in [0.2, 0.25) is 0 Å². The van der Waals surface area contributed by atoms with Gasteiger partial charge in [0.1, 0.15) is 13.2 Å². The van der Waals surface area contributed by atoms with Crippen LogP contribution in [0, 0.1) is 0 Å². The van der Waals surface area contributed by atoms with Crippen LogP contribution in [0.25, 0.3) is 0 Å². The molecule has 0 aromatic heterocycles. The van der Waals surface area contributed by atoms with Crippen molar-refractivity contribution in [1.82, 2.24) is 0 Å². The average Bonchev–Trinajstić information content (AvgIpc) is 2.73. The minimum atomic E-state index is -0.0333. The number of anilines is 2. The molecule has 1 amide bonds. The SMILES string of the molecule is O=C(CSc1ccc2c(c1)OCCO2)Nc1cccc(N2CCOCC2)c1. The van der Waals surface area contributed by atoms with Gasteiger partial charge in [-0.3, -0.25) is 4.79 Å². The molecule has 2 heterocycles. The fourth-order valence-electron chi connectivity index (χ4n) is 3.06. The summed E-state index contributed by atoms with van der Waals surface area (Å²) in [5.74, 6) is 1.80. The molecule has 2 aromatic rings. The molecule has 4 rings (SSSR count). The molecule has 2 aliphatic heterocycles. The third-order valence-corrected chi connectivity index (χ3v) is 5.38. The number of hydrogen-bond donors (Lipinski definition) is 1. The van der Waals surface area contributed by atoms with E-state index < -0.39 is 0 Å². The van der Waals surface area contributed by atoms with Crippen LogP contribution in [0.1, 0.15) is 0 Å². The van der Waals surface area contributed by atoms with Gasteiger partial charge in [0.25, 0.3) is 0 Å². The van der Waals surface area contributed by atoms with E-state index in [9.17, 15) is 4.79 Å². The Kier molecular flexibility index (Phi) is 5.69. The third-order valence-electron chi connectivity index (χ3n) is 4.39. The summed E-state index contributed by atoms with van der Waals surface area (Å²) < 4.78 is 16.5. The fraction of sp³-hybridized carbons (Fsp3) is 0.350. The van der Waals surface area contributed by atoms with Gasteiger partial charge < -0.3 is 24.4 Å². The number of ether oxygens (including phenoxy) is 3. The van der Waals surface area contributed by atoms with Gasteiger partial charge in [0.15, 0.2) is 11.5 Å². The standard InChI is InChI=1S/C20H22N2O4S/c23-20(14-27-17-4-5-18-19(13-17)26-11-10-25-18)21-15-2-1-3-16(12-15)22-6-8-24-9-7-22/h1-5,12-13H,6-11,14H2,(H,21,23). The van der Waals surface area contributed by atoms with Crippen molar-refractivity contribution in [3.8, 4) is 11.5 Å². The number of hydrogen-bond acceptors (Lipinski definition) is 6. The zero-order valence-corrected chi connectivity index (χ0v) is 15.8. The van der Waals surface area contributed by atoms with E-state index in [0.29, 0.717) is 19.0 Å². The van der Waals surface area contributed by atoms with Crippen LogP contribution in [0.15, 0.2) is 47.4 Å². The maximum absolute atomic E-state index is 12.3. The number of carbonyl (C=O) groups excluding carboxylic acids is 1. The van der Waals surface area contributed by atoms with Crippen molar-refractivity contribution in [2.75, 3.05) is 55.5 Å². The first-order valence-corrected chi connectivity index (χ1v) is 10.0. The molecule has 0 unspecified atom stereocenters. The Hall–Kier alpha value is -2.38. The van der Waals surface area contributed by atoms with Crippen molar-refractivity contribution >= 4 is 29.0 Å². The predicted molar refractivity (Wildman–Crippen MR) is 106 cm³/mol. The van der Waals surface area contributed by atoms with E-state index in [4.69, 9.17) is 14.2 Å². The quantitative estimate of drug-likeness (QED) is 0.797. The maximum Gasteiger partial charge on any atom is 0.234 e. The largest absolute Gasteiger partial charge is 0.486 e. The second-order valence-corrected chi connectivity index (χ2v) is 7.34. The van der Waals surface area contributed by atoms with Crippen molar-refractivity contribution < 1.29 is 19.0 Å². The Bertz CT molecular complexity index is 808. The second-order valence-electron chi connectivity index (χ2n) is 6.29. The van der Waals surface area contributed by atoms with Gasteiger partial charge in [0.2, 0.25) is 5.91 Å². The first-order valence-electron chi connectivity index (χ1n) is 9.03. The Balaban J connectivity index is 1.33. The summed E-state index contributed by atoms with van der Waals surface area (Å²) in [6.07, 6.45) is 0.